The summed E-state index contributed by atoms with van der Waals surface area (Å²) in [5.41, 5.74) is 15.3. The molecule has 10 heteroatoms. The highest BCUT2D eigenvalue weighted by Gasteiger charge is 2.29. The molecule has 0 amide bonds. The SMILES string of the molecule is CCCS(O)(O)Nc1cccc(-c2cc(N)cc(N3CCCS3(=O)=O)c2)c1N. The maximum Gasteiger partial charge on any atom is 0.235 e. The van der Waals surface area contributed by atoms with Crippen LogP contribution in [0.4, 0.5) is 22.7 Å². The number of para-hydroxylation sites is 1. The van der Waals surface area contributed by atoms with E-state index in [2.05, 4.69) is 4.72 Å². The smallest absolute Gasteiger partial charge is 0.235 e. The Morgan fingerprint density at radius 1 is 1.21 bits per heavy atom. The van der Waals surface area contributed by atoms with E-state index in [4.69, 9.17) is 11.5 Å². The monoisotopic (exact) mass is 426 g/mol. The van der Waals surface area contributed by atoms with Gasteiger partial charge in [0, 0.05) is 17.8 Å². The van der Waals surface area contributed by atoms with Gasteiger partial charge in [0.15, 0.2) is 0 Å². The number of rotatable bonds is 6. The van der Waals surface area contributed by atoms with Crippen LogP contribution in [0.25, 0.3) is 11.1 Å². The molecule has 1 saturated heterocycles. The number of benzene rings is 2. The lowest BCUT2D eigenvalue weighted by molar-refractivity contribution is 0.493. The average Bonchev–Trinajstić information content (AvgIpc) is 2.95. The second kappa shape index (κ2) is 7.70. The first-order valence-electron chi connectivity index (χ1n) is 8.96. The summed E-state index contributed by atoms with van der Waals surface area (Å²) in [6, 6.07) is 10.3. The van der Waals surface area contributed by atoms with Crippen LogP contribution in [0, 0.1) is 0 Å². The van der Waals surface area contributed by atoms with Gasteiger partial charge in [0.05, 0.1) is 28.6 Å². The average molecular weight is 427 g/mol. The Morgan fingerprint density at radius 2 is 1.96 bits per heavy atom. The molecule has 2 aromatic rings. The van der Waals surface area contributed by atoms with Gasteiger partial charge in [0.1, 0.15) is 0 Å². The highest BCUT2D eigenvalue weighted by Crippen LogP contribution is 2.43. The maximum atomic E-state index is 12.3. The molecular weight excluding hydrogens is 400 g/mol. The molecule has 0 bridgehead atoms. The number of hydrogen-bond donors (Lipinski definition) is 5. The normalized spacial score (nSPS) is 16.9. The molecule has 7 N–H and O–H groups in total. The number of nitrogens with two attached hydrogens (primary N) is 2. The van der Waals surface area contributed by atoms with Gasteiger partial charge >= 0.3 is 0 Å². The Kier molecular flexibility index (Phi) is 5.67. The van der Waals surface area contributed by atoms with Crippen molar-refractivity contribution in [3.05, 3.63) is 36.4 Å². The third-order valence-corrected chi connectivity index (χ3v) is 7.90. The van der Waals surface area contributed by atoms with Gasteiger partial charge in [-0.3, -0.25) is 18.1 Å². The molecule has 0 aromatic heterocycles. The van der Waals surface area contributed by atoms with Crippen LogP contribution in [-0.4, -0.2) is 35.6 Å². The molecule has 1 aliphatic heterocycles. The van der Waals surface area contributed by atoms with E-state index in [0.717, 1.165) is 0 Å². The van der Waals surface area contributed by atoms with Gasteiger partial charge in [0.25, 0.3) is 0 Å². The van der Waals surface area contributed by atoms with Crippen LogP contribution in [0.15, 0.2) is 36.4 Å². The largest absolute Gasteiger partial charge is 0.399 e. The summed E-state index contributed by atoms with van der Waals surface area (Å²) in [5.74, 6) is 0.333. The Hall–Kier alpha value is -2.14. The van der Waals surface area contributed by atoms with E-state index in [1.54, 1.807) is 36.4 Å². The fraction of sp³-hybridized carbons (Fsp3) is 0.333. The minimum atomic E-state index is -3.33. The van der Waals surface area contributed by atoms with Crippen molar-refractivity contribution in [2.75, 3.05) is 38.5 Å². The molecular formula is C18H26N4O4S2. The molecule has 0 spiro atoms. The maximum absolute atomic E-state index is 12.3. The number of hydrogen-bond acceptors (Lipinski definition) is 7. The number of nitrogens with one attached hydrogen (secondary N) is 1. The Bertz CT molecular complexity index is 980. The molecule has 28 heavy (non-hydrogen) atoms. The predicted octanol–water partition coefficient (Wildman–Crippen LogP) is 3.55. The molecule has 8 nitrogen and oxygen atoms in total. The van der Waals surface area contributed by atoms with E-state index < -0.39 is 20.8 Å². The second-order valence-corrected chi connectivity index (χ2v) is 10.8. The van der Waals surface area contributed by atoms with Crippen LogP contribution >= 0.6 is 10.8 Å². The quantitative estimate of drug-likeness (QED) is 0.445. The summed E-state index contributed by atoms with van der Waals surface area (Å²) >= 11 is 0. The van der Waals surface area contributed by atoms with Crippen molar-refractivity contribution in [3.8, 4) is 11.1 Å². The van der Waals surface area contributed by atoms with Crippen LogP contribution < -0.4 is 20.5 Å². The van der Waals surface area contributed by atoms with Gasteiger partial charge in [0.2, 0.25) is 10.0 Å². The zero-order chi connectivity index (χ0) is 20.5. The number of nitrogen functional groups attached to an aromatic ring is 2. The number of sulfonamides is 1. The Labute approximate surface area is 167 Å². The van der Waals surface area contributed by atoms with Gasteiger partial charge in [-0.1, -0.05) is 19.1 Å². The molecule has 1 heterocycles. The van der Waals surface area contributed by atoms with Crippen molar-refractivity contribution in [2.24, 2.45) is 0 Å². The van der Waals surface area contributed by atoms with Gasteiger partial charge in [-0.05, 0) is 42.7 Å². The van der Waals surface area contributed by atoms with E-state index in [1.807, 2.05) is 6.92 Å². The van der Waals surface area contributed by atoms with Crippen molar-refractivity contribution in [1.29, 1.82) is 0 Å². The van der Waals surface area contributed by atoms with Crippen LogP contribution in [0.5, 0.6) is 0 Å². The van der Waals surface area contributed by atoms with E-state index in [-0.39, 0.29) is 11.5 Å². The molecule has 3 rings (SSSR count). The van der Waals surface area contributed by atoms with Crippen molar-refractivity contribution in [1.82, 2.24) is 0 Å². The number of anilines is 4. The molecule has 1 fully saturated rings. The van der Waals surface area contributed by atoms with Crippen molar-refractivity contribution >= 4 is 43.5 Å². The van der Waals surface area contributed by atoms with Crippen LogP contribution in [0.2, 0.25) is 0 Å². The molecule has 0 radical (unpaired) electrons. The summed E-state index contributed by atoms with van der Waals surface area (Å²) in [6.07, 6.45) is 1.18. The van der Waals surface area contributed by atoms with Crippen molar-refractivity contribution < 1.29 is 17.5 Å². The van der Waals surface area contributed by atoms with E-state index in [9.17, 15) is 17.5 Å². The molecule has 0 atom stereocenters. The van der Waals surface area contributed by atoms with Crippen molar-refractivity contribution in [3.63, 3.8) is 0 Å². The first kappa shape index (κ1) is 20.6. The van der Waals surface area contributed by atoms with Gasteiger partial charge in [-0.25, -0.2) is 8.42 Å². The van der Waals surface area contributed by atoms with E-state index >= 15 is 0 Å². The summed E-state index contributed by atoms with van der Waals surface area (Å²) in [5, 5.41) is 0. The summed E-state index contributed by atoms with van der Waals surface area (Å²) < 4.78 is 48.9. The van der Waals surface area contributed by atoms with Gasteiger partial charge in [-0.15, -0.1) is 10.8 Å². The molecule has 154 valence electrons. The molecule has 0 aliphatic carbocycles. The van der Waals surface area contributed by atoms with E-state index in [1.165, 1.54) is 4.31 Å². The summed E-state index contributed by atoms with van der Waals surface area (Å²) in [7, 11) is -6.33. The van der Waals surface area contributed by atoms with Crippen LogP contribution in [0.3, 0.4) is 0 Å². The first-order valence-corrected chi connectivity index (χ1v) is 12.3. The third-order valence-electron chi connectivity index (χ3n) is 4.51. The van der Waals surface area contributed by atoms with Crippen LogP contribution in [-0.2, 0) is 10.0 Å². The first-order chi connectivity index (χ1) is 13.1. The number of nitrogens with zero attached hydrogens (tertiary/aromatic N) is 1. The van der Waals surface area contributed by atoms with E-state index in [0.29, 0.717) is 53.3 Å². The third kappa shape index (κ3) is 4.30. The topological polar surface area (TPSA) is 142 Å². The Balaban J connectivity index is 2.01. The second-order valence-electron chi connectivity index (χ2n) is 6.79. The summed E-state index contributed by atoms with van der Waals surface area (Å²) in [4.78, 5) is 0. The minimum Gasteiger partial charge on any atom is -0.399 e. The molecule has 1 aliphatic rings. The highest BCUT2D eigenvalue weighted by molar-refractivity contribution is 8.25. The van der Waals surface area contributed by atoms with Gasteiger partial charge < -0.3 is 11.5 Å². The molecule has 0 saturated carbocycles. The highest BCUT2D eigenvalue weighted by atomic mass is 32.3. The fourth-order valence-corrected chi connectivity index (χ4v) is 6.03. The molecule has 0 unspecified atom stereocenters. The van der Waals surface area contributed by atoms with Crippen molar-refractivity contribution in [2.45, 2.75) is 19.8 Å². The summed E-state index contributed by atoms with van der Waals surface area (Å²) in [6.45, 7) is 2.27. The Morgan fingerprint density at radius 3 is 2.61 bits per heavy atom. The van der Waals surface area contributed by atoms with Crippen LogP contribution in [0.1, 0.15) is 19.8 Å². The van der Waals surface area contributed by atoms with Gasteiger partial charge in [-0.2, -0.15) is 0 Å². The fourth-order valence-electron chi connectivity index (χ4n) is 3.28. The minimum absolute atomic E-state index is 0.119. The lowest BCUT2D eigenvalue weighted by Gasteiger charge is -2.34. The lowest BCUT2D eigenvalue weighted by atomic mass is 10.0. The molecule has 2 aromatic carbocycles. The zero-order valence-corrected chi connectivity index (χ0v) is 17.3. The predicted molar refractivity (Wildman–Crippen MR) is 118 cm³/mol. The zero-order valence-electron chi connectivity index (χ0n) is 15.6. The standard InChI is InChI=1S/C18H26N4O4S2/c1-2-8-27(23,24)21-17-6-3-5-16(18(17)20)13-10-14(19)12-15(11-13)22-7-4-9-28(22,25)26/h3,5-6,10-12,21,23-24H,2,4,7-9,19-20H2,1H3. The lowest BCUT2D eigenvalue weighted by Crippen LogP contribution is -2.25.